The average molecular weight is 457 g/mol. The van der Waals surface area contributed by atoms with E-state index in [1.807, 2.05) is 68.4 Å². The van der Waals surface area contributed by atoms with Gasteiger partial charge in [0.05, 0.1) is 5.56 Å². The third kappa shape index (κ3) is 5.83. The fourth-order valence-electron chi connectivity index (χ4n) is 3.73. The highest BCUT2D eigenvalue weighted by Gasteiger charge is 2.29. The monoisotopic (exact) mass is 456 g/mol. The Kier molecular flexibility index (Phi) is 7.16. The molecule has 3 nitrogen and oxygen atoms in total. The number of carbonyl (C=O) groups excluding carboxylic acids is 2. The van der Waals surface area contributed by atoms with Gasteiger partial charge in [-0.05, 0) is 65.1 Å². The Hall–Kier alpha value is -3.20. The fraction of sp³-hybridized carbons (Fsp3) is 0.355. The van der Waals surface area contributed by atoms with Gasteiger partial charge in [0.25, 0.3) is 0 Å². The first-order valence-corrected chi connectivity index (χ1v) is 11.8. The number of ketones is 1. The molecule has 0 aromatic heterocycles. The molecule has 0 saturated carbocycles. The highest BCUT2D eigenvalue weighted by atomic mass is 16.5. The van der Waals surface area contributed by atoms with Crippen LogP contribution in [0.15, 0.2) is 66.7 Å². The SMILES string of the molecule is Cc1ccc(C(=O)[C@@H](OC(=O)c2cc(C(C)(C)C)cc(C(C)(C)C)c2)c2ccccc2)cc1C. The molecule has 0 radical (unpaired) electrons. The zero-order valence-corrected chi connectivity index (χ0v) is 21.7. The molecule has 34 heavy (non-hydrogen) atoms. The van der Waals surface area contributed by atoms with E-state index >= 15 is 0 Å². The van der Waals surface area contributed by atoms with Crippen molar-refractivity contribution in [1.29, 1.82) is 0 Å². The minimum absolute atomic E-state index is 0.135. The van der Waals surface area contributed by atoms with Crippen LogP contribution in [0.25, 0.3) is 0 Å². The van der Waals surface area contributed by atoms with Crippen molar-refractivity contribution in [3.05, 3.63) is 106 Å². The molecule has 0 fully saturated rings. The topological polar surface area (TPSA) is 43.4 Å². The molecule has 0 N–H and O–H groups in total. The first-order valence-electron chi connectivity index (χ1n) is 11.8. The van der Waals surface area contributed by atoms with E-state index in [9.17, 15) is 9.59 Å². The number of ether oxygens (including phenoxy) is 1. The second kappa shape index (κ2) is 9.58. The molecular weight excluding hydrogens is 420 g/mol. The van der Waals surface area contributed by atoms with E-state index < -0.39 is 12.1 Å². The van der Waals surface area contributed by atoms with Crippen LogP contribution in [0, 0.1) is 13.8 Å². The van der Waals surface area contributed by atoms with Crippen LogP contribution in [0.4, 0.5) is 0 Å². The molecule has 0 aliphatic carbocycles. The number of aryl methyl sites for hydroxylation is 2. The minimum Gasteiger partial charge on any atom is -0.445 e. The van der Waals surface area contributed by atoms with Crippen LogP contribution in [0.3, 0.4) is 0 Å². The van der Waals surface area contributed by atoms with E-state index in [2.05, 4.69) is 47.6 Å². The Morgan fingerprint density at radius 2 is 1.24 bits per heavy atom. The average Bonchev–Trinajstić information content (AvgIpc) is 2.77. The van der Waals surface area contributed by atoms with Gasteiger partial charge in [0, 0.05) is 11.1 Å². The van der Waals surface area contributed by atoms with Crippen LogP contribution < -0.4 is 0 Å². The smallest absolute Gasteiger partial charge is 0.339 e. The molecule has 0 unspecified atom stereocenters. The first-order chi connectivity index (χ1) is 15.8. The van der Waals surface area contributed by atoms with Crippen LogP contribution in [0.1, 0.15) is 96.2 Å². The molecule has 0 bridgehead atoms. The predicted octanol–water partition coefficient (Wildman–Crippen LogP) is 7.68. The Balaban J connectivity index is 2.04. The lowest BCUT2D eigenvalue weighted by atomic mass is 9.79. The first kappa shape index (κ1) is 25.4. The molecule has 1 atom stereocenters. The molecular formula is C31H36O3. The molecule has 0 amide bonds. The van der Waals surface area contributed by atoms with E-state index in [1.165, 1.54) is 0 Å². The van der Waals surface area contributed by atoms with Gasteiger partial charge in [-0.1, -0.05) is 90.1 Å². The Morgan fingerprint density at radius 1 is 0.676 bits per heavy atom. The van der Waals surface area contributed by atoms with E-state index in [0.29, 0.717) is 16.7 Å². The van der Waals surface area contributed by atoms with Crippen molar-refractivity contribution in [2.24, 2.45) is 0 Å². The summed E-state index contributed by atoms with van der Waals surface area (Å²) in [5.74, 6) is -0.728. The van der Waals surface area contributed by atoms with Gasteiger partial charge in [0.2, 0.25) is 5.78 Å². The highest BCUT2D eigenvalue weighted by molar-refractivity contribution is 6.02. The maximum absolute atomic E-state index is 13.6. The van der Waals surface area contributed by atoms with Gasteiger partial charge >= 0.3 is 5.97 Å². The predicted molar refractivity (Wildman–Crippen MR) is 139 cm³/mol. The van der Waals surface area contributed by atoms with Gasteiger partial charge in [0.1, 0.15) is 0 Å². The van der Waals surface area contributed by atoms with Crippen LogP contribution >= 0.6 is 0 Å². The van der Waals surface area contributed by atoms with Crippen molar-refractivity contribution >= 4 is 11.8 Å². The zero-order chi connectivity index (χ0) is 25.3. The van der Waals surface area contributed by atoms with Gasteiger partial charge in [-0.2, -0.15) is 0 Å². The second-order valence-corrected chi connectivity index (χ2v) is 11.2. The Bertz CT molecular complexity index is 1160. The lowest BCUT2D eigenvalue weighted by Gasteiger charge is -2.26. The summed E-state index contributed by atoms with van der Waals surface area (Å²) in [4.78, 5) is 27.0. The number of hydrogen-bond donors (Lipinski definition) is 0. The van der Waals surface area contributed by atoms with Crippen LogP contribution in [0.2, 0.25) is 0 Å². The Labute approximate surface area is 204 Å². The third-order valence-electron chi connectivity index (χ3n) is 6.26. The van der Waals surface area contributed by atoms with Crippen LogP contribution in [-0.2, 0) is 15.6 Å². The Morgan fingerprint density at radius 3 is 1.74 bits per heavy atom. The van der Waals surface area contributed by atoms with E-state index in [1.54, 1.807) is 6.07 Å². The third-order valence-corrected chi connectivity index (χ3v) is 6.26. The van der Waals surface area contributed by atoms with Crippen molar-refractivity contribution in [2.45, 2.75) is 72.3 Å². The summed E-state index contributed by atoms with van der Waals surface area (Å²) in [6, 6.07) is 20.7. The van der Waals surface area contributed by atoms with Gasteiger partial charge < -0.3 is 4.74 Å². The second-order valence-electron chi connectivity index (χ2n) is 11.2. The van der Waals surface area contributed by atoms with E-state index in [4.69, 9.17) is 4.74 Å². The summed E-state index contributed by atoms with van der Waals surface area (Å²) >= 11 is 0. The van der Waals surface area contributed by atoms with Gasteiger partial charge in [-0.25, -0.2) is 4.79 Å². The molecule has 0 heterocycles. The van der Waals surface area contributed by atoms with Gasteiger partial charge in [0.15, 0.2) is 6.10 Å². The summed E-state index contributed by atoms with van der Waals surface area (Å²) in [5, 5.41) is 0. The lowest BCUT2D eigenvalue weighted by Crippen LogP contribution is -2.22. The maximum Gasteiger partial charge on any atom is 0.339 e. The zero-order valence-electron chi connectivity index (χ0n) is 21.7. The van der Waals surface area contributed by atoms with E-state index in [-0.39, 0.29) is 16.6 Å². The van der Waals surface area contributed by atoms with Crippen molar-refractivity contribution in [2.75, 3.05) is 0 Å². The van der Waals surface area contributed by atoms with Crippen LogP contribution in [-0.4, -0.2) is 11.8 Å². The van der Waals surface area contributed by atoms with Crippen molar-refractivity contribution < 1.29 is 14.3 Å². The highest BCUT2D eigenvalue weighted by Crippen LogP contribution is 2.32. The number of Topliss-reactive ketones (excluding diaryl/α,β-unsaturated/α-hetero) is 1. The normalized spacial score (nSPS) is 12.8. The number of hydrogen-bond acceptors (Lipinski definition) is 3. The molecule has 0 spiro atoms. The standard InChI is InChI=1S/C31H36O3/c1-20-14-15-23(16-21(20)2)27(32)28(22-12-10-9-11-13-22)34-29(33)24-17-25(30(3,4)5)19-26(18-24)31(6,7)8/h9-19,28H,1-8H3/t28-/m0/s1. The summed E-state index contributed by atoms with van der Waals surface area (Å²) in [6.45, 7) is 16.7. The van der Waals surface area contributed by atoms with Gasteiger partial charge in [-0.15, -0.1) is 0 Å². The summed E-state index contributed by atoms with van der Waals surface area (Å²) in [5.41, 5.74) is 5.63. The molecule has 3 aromatic rings. The summed E-state index contributed by atoms with van der Waals surface area (Å²) < 4.78 is 5.96. The lowest BCUT2D eigenvalue weighted by molar-refractivity contribution is 0.0279. The van der Waals surface area contributed by atoms with Gasteiger partial charge in [-0.3, -0.25) is 4.79 Å². The van der Waals surface area contributed by atoms with Crippen molar-refractivity contribution in [3.8, 4) is 0 Å². The fourth-order valence-corrected chi connectivity index (χ4v) is 3.73. The summed E-state index contributed by atoms with van der Waals surface area (Å²) in [6.07, 6.45) is -1.02. The minimum atomic E-state index is -1.02. The van der Waals surface area contributed by atoms with E-state index in [0.717, 1.165) is 22.3 Å². The molecule has 178 valence electrons. The number of carbonyl (C=O) groups is 2. The molecule has 0 aliphatic rings. The number of rotatable bonds is 5. The molecule has 3 aromatic carbocycles. The molecule has 0 aliphatic heterocycles. The summed E-state index contributed by atoms with van der Waals surface area (Å²) in [7, 11) is 0. The largest absolute Gasteiger partial charge is 0.445 e. The molecule has 0 saturated heterocycles. The van der Waals surface area contributed by atoms with Crippen molar-refractivity contribution in [3.63, 3.8) is 0 Å². The van der Waals surface area contributed by atoms with Crippen molar-refractivity contribution in [1.82, 2.24) is 0 Å². The quantitative estimate of drug-likeness (QED) is 0.292. The molecule has 3 rings (SSSR count). The molecule has 3 heteroatoms. The number of benzene rings is 3. The van der Waals surface area contributed by atoms with Crippen LogP contribution in [0.5, 0.6) is 0 Å². The maximum atomic E-state index is 13.6. The number of esters is 1.